The summed E-state index contributed by atoms with van der Waals surface area (Å²) in [6, 6.07) is 0. The molecule has 0 saturated carbocycles. The molecule has 2 heteroatoms. The Morgan fingerprint density at radius 2 is 2.27 bits per heavy atom. The molecule has 1 rings (SSSR count). The van der Waals surface area contributed by atoms with E-state index in [0.717, 1.165) is 5.92 Å². The molecule has 0 spiro atoms. The highest BCUT2D eigenvalue weighted by molar-refractivity contribution is 8.00. The average molecular weight is 173 g/mol. The summed E-state index contributed by atoms with van der Waals surface area (Å²) in [5, 5.41) is 4.33. The van der Waals surface area contributed by atoms with E-state index < -0.39 is 0 Å². The number of hydrogen-bond donors (Lipinski definition) is 1. The number of hydrogen-bond acceptors (Lipinski definition) is 2. The summed E-state index contributed by atoms with van der Waals surface area (Å²) < 4.78 is 0. The second kappa shape index (κ2) is 3.36. The first-order valence-corrected chi connectivity index (χ1v) is 5.49. The molecule has 0 aliphatic carbocycles. The smallest absolute Gasteiger partial charge is 0.0562 e. The molecular weight excluding hydrogens is 154 g/mol. The van der Waals surface area contributed by atoms with E-state index >= 15 is 0 Å². The molecule has 1 fully saturated rings. The van der Waals surface area contributed by atoms with E-state index in [4.69, 9.17) is 0 Å². The van der Waals surface area contributed by atoms with Crippen LogP contribution in [0.15, 0.2) is 0 Å². The van der Waals surface area contributed by atoms with Gasteiger partial charge in [-0.3, -0.25) is 5.32 Å². The highest BCUT2D eigenvalue weighted by Gasteiger charge is 2.32. The first kappa shape index (κ1) is 9.40. The van der Waals surface area contributed by atoms with Crippen molar-refractivity contribution in [3.05, 3.63) is 0 Å². The molecular formula is C9H19NS. The van der Waals surface area contributed by atoms with Crippen LogP contribution in [0.3, 0.4) is 0 Å². The van der Waals surface area contributed by atoms with E-state index in [2.05, 4.69) is 44.8 Å². The lowest BCUT2D eigenvalue weighted by Crippen LogP contribution is -2.41. The Balaban J connectivity index is 2.41. The summed E-state index contributed by atoms with van der Waals surface area (Å²) in [6.45, 7) is 9.15. The monoisotopic (exact) mass is 173 g/mol. The lowest BCUT2D eigenvalue weighted by molar-refractivity contribution is 0.383. The predicted molar refractivity (Wildman–Crippen MR) is 52.9 cm³/mol. The second-order valence-electron chi connectivity index (χ2n) is 4.15. The maximum Gasteiger partial charge on any atom is 0.0562 e. The third-order valence-corrected chi connectivity index (χ3v) is 4.15. The van der Waals surface area contributed by atoms with Gasteiger partial charge in [-0.05, 0) is 19.8 Å². The molecule has 1 nitrogen and oxygen atoms in total. The fourth-order valence-corrected chi connectivity index (χ4v) is 2.89. The summed E-state index contributed by atoms with van der Waals surface area (Å²) in [6.07, 6.45) is 1.28. The highest BCUT2D eigenvalue weighted by Crippen LogP contribution is 2.31. The molecule has 0 bridgehead atoms. The van der Waals surface area contributed by atoms with Crippen molar-refractivity contribution in [2.75, 3.05) is 5.75 Å². The summed E-state index contributed by atoms with van der Waals surface area (Å²) in [7, 11) is 0. The first-order chi connectivity index (χ1) is 5.05. The minimum absolute atomic E-state index is 0.360. The molecule has 1 heterocycles. The van der Waals surface area contributed by atoms with Crippen LogP contribution in [0.5, 0.6) is 0 Å². The van der Waals surface area contributed by atoms with Crippen LogP contribution in [0.1, 0.15) is 34.1 Å². The van der Waals surface area contributed by atoms with E-state index in [1.807, 2.05) is 0 Å². The van der Waals surface area contributed by atoms with Gasteiger partial charge in [0, 0.05) is 11.3 Å². The van der Waals surface area contributed by atoms with Gasteiger partial charge in [-0.1, -0.05) is 20.3 Å². The van der Waals surface area contributed by atoms with Crippen molar-refractivity contribution < 1.29 is 0 Å². The summed E-state index contributed by atoms with van der Waals surface area (Å²) in [4.78, 5) is 0. The summed E-state index contributed by atoms with van der Waals surface area (Å²) >= 11 is 2.07. The van der Waals surface area contributed by atoms with Gasteiger partial charge < -0.3 is 0 Å². The molecule has 0 radical (unpaired) electrons. The van der Waals surface area contributed by atoms with E-state index in [9.17, 15) is 0 Å². The third-order valence-electron chi connectivity index (χ3n) is 2.32. The van der Waals surface area contributed by atoms with Crippen molar-refractivity contribution in [2.45, 2.75) is 45.0 Å². The molecule has 11 heavy (non-hydrogen) atoms. The molecule has 0 aromatic heterocycles. The fraction of sp³-hybridized carbons (Fsp3) is 1.00. The van der Waals surface area contributed by atoms with Crippen molar-refractivity contribution in [1.82, 2.24) is 5.32 Å². The molecule has 2 atom stereocenters. The third kappa shape index (κ3) is 2.38. The standard InChI is InChI=1S/C9H19NS/c1-5-7(2)8-10-9(3,4)6-11-8/h7-8,10H,5-6H2,1-4H3. The molecule has 1 aliphatic rings. The van der Waals surface area contributed by atoms with E-state index in [1.54, 1.807) is 0 Å². The minimum Gasteiger partial charge on any atom is -0.299 e. The molecule has 66 valence electrons. The molecule has 2 unspecified atom stereocenters. The highest BCUT2D eigenvalue weighted by atomic mass is 32.2. The average Bonchev–Trinajstić information content (AvgIpc) is 2.29. The van der Waals surface area contributed by atoms with Crippen LogP contribution >= 0.6 is 11.8 Å². The summed E-state index contributed by atoms with van der Waals surface area (Å²) in [5.41, 5.74) is 0.360. The van der Waals surface area contributed by atoms with Crippen molar-refractivity contribution in [3.8, 4) is 0 Å². The number of rotatable bonds is 2. The van der Waals surface area contributed by atoms with Crippen LogP contribution in [0.25, 0.3) is 0 Å². The second-order valence-corrected chi connectivity index (χ2v) is 5.28. The van der Waals surface area contributed by atoms with Gasteiger partial charge in [-0.25, -0.2) is 0 Å². The van der Waals surface area contributed by atoms with Gasteiger partial charge in [0.2, 0.25) is 0 Å². The molecule has 1 saturated heterocycles. The van der Waals surface area contributed by atoms with Crippen molar-refractivity contribution >= 4 is 11.8 Å². The molecule has 1 aliphatic heterocycles. The van der Waals surface area contributed by atoms with E-state index in [1.165, 1.54) is 12.2 Å². The van der Waals surface area contributed by atoms with Gasteiger partial charge in [0.1, 0.15) is 0 Å². The van der Waals surface area contributed by atoms with Crippen molar-refractivity contribution in [1.29, 1.82) is 0 Å². The summed E-state index contributed by atoms with van der Waals surface area (Å²) in [5.74, 6) is 2.06. The molecule has 1 N–H and O–H groups in total. The van der Waals surface area contributed by atoms with E-state index in [0.29, 0.717) is 10.9 Å². The predicted octanol–water partition coefficient (Wildman–Crippen LogP) is 2.47. The van der Waals surface area contributed by atoms with Crippen LogP contribution in [-0.2, 0) is 0 Å². The lowest BCUT2D eigenvalue weighted by Gasteiger charge is -2.22. The fourth-order valence-electron chi connectivity index (χ4n) is 1.29. The Morgan fingerprint density at radius 3 is 2.64 bits per heavy atom. The van der Waals surface area contributed by atoms with Gasteiger partial charge in [0.05, 0.1) is 5.37 Å². The zero-order chi connectivity index (χ0) is 8.48. The SMILES string of the molecule is CCC(C)C1NC(C)(C)CS1. The van der Waals surface area contributed by atoms with Crippen LogP contribution in [0, 0.1) is 5.92 Å². The van der Waals surface area contributed by atoms with Crippen LogP contribution in [0.2, 0.25) is 0 Å². The van der Waals surface area contributed by atoms with Crippen molar-refractivity contribution in [2.24, 2.45) is 5.92 Å². The van der Waals surface area contributed by atoms with Crippen molar-refractivity contribution in [3.63, 3.8) is 0 Å². The topological polar surface area (TPSA) is 12.0 Å². The van der Waals surface area contributed by atoms with Gasteiger partial charge in [-0.2, -0.15) is 0 Å². The Bertz CT molecular complexity index is 134. The van der Waals surface area contributed by atoms with Gasteiger partial charge in [-0.15, -0.1) is 11.8 Å². The first-order valence-electron chi connectivity index (χ1n) is 4.44. The van der Waals surface area contributed by atoms with Gasteiger partial charge in [0.15, 0.2) is 0 Å². The number of thioether (sulfide) groups is 1. The van der Waals surface area contributed by atoms with Gasteiger partial charge >= 0.3 is 0 Å². The molecule has 0 amide bonds. The quantitative estimate of drug-likeness (QED) is 0.688. The van der Waals surface area contributed by atoms with Crippen LogP contribution in [0.4, 0.5) is 0 Å². The lowest BCUT2D eigenvalue weighted by atomic mass is 10.1. The maximum absolute atomic E-state index is 3.64. The molecule has 0 aromatic carbocycles. The van der Waals surface area contributed by atoms with E-state index in [-0.39, 0.29) is 0 Å². The maximum atomic E-state index is 3.64. The zero-order valence-corrected chi connectivity index (χ0v) is 8.79. The normalized spacial score (nSPS) is 32.2. The Kier molecular flexibility index (Phi) is 2.87. The van der Waals surface area contributed by atoms with Crippen LogP contribution < -0.4 is 5.32 Å². The minimum atomic E-state index is 0.360. The van der Waals surface area contributed by atoms with Gasteiger partial charge in [0.25, 0.3) is 0 Å². The largest absolute Gasteiger partial charge is 0.299 e. The molecule has 0 aromatic rings. The Morgan fingerprint density at radius 1 is 1.64 bits per heavy atom. The number of nitrogens with one attached hydrogen (secondary N) is 1. The Labute approximate surface area is 74.3 Å². The Hall–Kier alpha value is 0.310. The van der Waals surface area contributed by atoms with Crippen LogP contribution in [-0.4, -0.2) is 16.7 Å². The zero-order valence-electron chi connectivity index (χ0n) is 7.98.